The normalized spacial score (nSPS) is 15.0. The highest BCUT2D eigenvalue weighted by Crippen LogP contribution is 2.38. The first kappa shape index (κ1) is 63.2. The van der Waals surface area contributed by atoms with Crippen LogP contribution in [0.15, 0.2) is 109 Å². The predicted molar refractivity (Wildman–Crippen MR) is 283 cm³/mol. The molecule has 0 aromatic heterocycles. The smallest absolute Gasteiger partial charge is 0.268 e. The summed E-state index contributed by atoms with van der Waals surface area (Å²) in [6, 6.07) is -0.910. The van der Waals surface area contributed by atoms with Crippen molar-refractivity contribution in [2.24, 2.45) is 0 Å². The molecule has 0 heterocycles. The van der Waals surface area contributed by atoms with Gasteiger partial charge in [0.15, 0.2) is 0 Å². The number of aliphatic hydroxyl groups is 1. The quantitative estimate of drug-likeness (QED) is 0.0272. The first-order chi connectivity index (χ1) is 32.0. The molecular formula is C57H99N2O6P. The standard InChI is InChI=1S/C57H99N2O6P/c1-6-8-10-12-14-16-18-19-20-21-22-23-24-25-26-27-28-29-30-31-32-33-34-35-36-37-38-39-41-43-45-47-49-51-57(61)58-55(54-65-66(62,63)64-53-52-59(3,4)5)56(60)50-48-46-44-42-40-17-15-13-11-9-7-2/h8,10,14,16,19-20,22-23,25-26,28-29,31-32,40,42,48,50,55-56,60H,6-7,9,11-13,15,17-18,21,24,27,30,33-39,41,43-47,49,51-54H2,1-5H3,(H-,58,61,62,63)/b10-8-,16-14-,20-19-,23-22-,26-25-,29-28-,32-31-,42-40+,50-48+. The number of phosphoric ester groups is 1. The van der Waals surface area contributed by atoms with Crippen LogP contribution < -0.4 is 10.2 Å². The van der Waals surface area contributed by atoms with Gasteiger partial charge < -0.3 is 28.8 Å². The van der Waals surface area contributed by atoms with E-state index in [-0.39, 0.29) is 12.5 Å². The van der Waals surface area contributed by atoms with Crippen LogP contribution in [0.1, 0.15) is 194 Å². The Morgan fingerprint density at radius 2 is 0.939 bits per heavy atom. The molecule has 8 nitrogen and oxygen atoms in total. The van der Waals surface area contributed by atoms with Crippen LogP contribution in [0.25, 0.3) is 0 Å². The molecule has 0 aliphatic carbocycles. The number of quaternary nitrogens is 1. The van der Waals surface area contributed by atoms with Crippen molar-refractivity contribution in [3.63, 3.8) is 0 Å². The summed E-state index contributed by atoms with van der Waals surface area (Å²) in [6.45, 7) is 4.46. The summed E-state index contributed by atoms with van der Waals surface area (Å²) < 4.78 is 23.2. The summed E-state index contributed by atoms with van der Waals surface area (Å²) in [7, 11) is 1.22. The van der Waals surface area contributed by atoms with Crippen LogP contribution in [0.5, 0.6) is 0 Å². The van der Waals surface area contributed by atoms with Gasteiger partial charge in [0, 0.05) is 6.42 Å². The third-order valence-electron chi connectivity index (χ3n) is 11.0. The van der Waals surface area contributed by atoms with E-state index in [0.29, 0.717) is 17.4 Å². The molecule has 66 heavy (non-hydrogen) atoms. The number of likely N-dealkylation sites (N-methyl/N-ethyl adjacent to an activating group) is 1. The third-order valence-corrected chi connectivity index (χ3v) is 11.9. The molecule has 0 aromatic rings. The molecule has 0 aliphatic rings. The van der Waals surface area contributed by atoms with E-state index in [2.05, 4.69) is 116 Å². The predicted octanol–water partition coefficient (Wildman–Crippen LogP) is 15.0. The van der Waals surface area contributed by atoms with Crippen molar-refractivity contribution in [3.05, 3.63) is 109 Å². The van der Waals surface area contributed by atoms with Crippen molar-refractivity contribution >= 4 is 13.7 Å². The molecule has 378 valence electrons. The number of nitrogens with zero attached hydrogens (tertiary/aromatic N) is 1. The highest BCUT2D eigenvalue weighted by Gasteiger charge is 2.23. The fourth-order valence-corrected chi connectivity index (χ4v) is 7.58. The number of unbranched alkanes of at least 4 members (excludes halogenated alkanes) is 17. The lowest BCUT2D eigenvalue weighted by Gasteiger charge is -2.29. The number of allylic oxidation sites excluding steroid dienone is 17. The van der Waals surface area contributed by atoms with Gasteiger partial charge in [0.05, 0.1) is 39.9 Å². The summed E-state index contributed by atoms with van der Waals surface area (Å²) in [6.07, 6.45) is 68.8. The number of hydrogen-bond acceptors (Lipinski definition) is 6. The Morgan fingerprint density at radius 1 is 0.545 bits per heavy atom. The van der Waals surface area contributed by atoms with Crippen LogP contribution in [0.4, 0.5) is 0 Å². The molecule has 2 N–H and O–H groups in total. The number of nitrogens with one attached hydrogen (secondary N) is 1. The van der Waals surface area contributed by atoms with Gasteiger partial charge in [0.25, 0.3) is 7.82 Å². The number of hydrogen-bond donors (Lipinski definition) is 2. The highest BCUT2D eigenvalue weighted by molar-refractivity contribution is 7.45. The maximum Gasteiger partial charge on any atom is 0.268 e. The monoisotopic (exact) mass is 939 g/mol. The maximum absolute atomic E-state index is 12.9. The zero-order valence-electron chi connectivity index (χ0n) is 42.9. The van der Waals surface area contributed by atoms with Gasteiger partial charge in [-0.25, -0.2) is 0 Å². The Balaban J connectivity index is 4.14. The van der Waals surface area contributed by atoms with Gasteiger partial charge in [-0.15, -0.1) is 0 Å². The number of phosphoric acid groups is 1. The van der Waals surface area contributed by atoms with Crippen molar-refractivity contribution in [2.45, 2.75) is 206 Å². The van der Waals surface area contributed by atoms with Crippen molar-refractivity contribution in [2.75, 3.05) is 40.9 Å². The number of rotatable bonds is 46. The zero-order chi connectivity index (χ0) is 48.5. The van der Waals surface area contributed by atoms with E-state index in [1.165, 1.54) is 89.9 Å². The molecule has 3 unspecified atom stereocenters. The summed E-state index contributed by atoms with van der Waals surface area (Å²) in [5.41, 5.74) is 0. The van der Waals surface area contributed by atoms with Gasteiger partial charge in [0.1, 0.15) is 13.2 Å². The van der Waals surface area contributed by atoms with Crippen molar-refractivity contribution in [1.82, 2.24) is 5.32 Å². The van der Waals surface area contributed by atoms with Crippen LogP contribution >= 0.6 is 7.82 Å². The molecule has 0 aliphatic heterocycles. The lowest BCUT2D eigenvalue weighted by molar-refractivity contribution is -0.870. The van der Waals surface area contributed by atoms with Gasteiger partial charge >= 0.3 is 0 Å². The van der Waals surface area contributed by atoms with Crippen LogP contribution in [0.2, 0.25) is 0 Å². The second-order valence-electron chi connectivity index (χ2n) is 18.5. The number of carbonyl (C=O) groups excluding carboxylic acids is 1. The lowest BCUT2D eigenvalue weighted by Crippen LogP contribution is -2.45. The van der Waals surface area contributed by atoms with Crippen LogP contribution in [-0.4, -0.2) is 68.5 Å². The molecule has 0 radical (unpaired) electrons. The SMILES string of the molecule is CC/C=C\C/C=C\C/C=C\C/C=C\C/C=C\C/C=C\C/C=C\CCCCCCCCCCCCCC(=O)NC(COP(=O)([O-])OCC[N+](C)(C)C)C(O)/C=C/CC/C=C/CCCCCCC. The van der Waals surface area contributed by atoms with Gasteiger partial charge in [-0.2, -0.15) is 0 Å². The molecule has 0 fully saturated rings. The minimum atomic E-state index is -4.60. The van der Waals surface area contributed by atoms with Gasteiger partial charge in [-0.05, 0) is 89.9 Å². The lowest BCUT2D eigenvalue weighted by atomic mass is 10.0. The Labute approximate surface area is 406 Å². The molecule has 0 saturated carbocycles. The topological polar surface area (TPSA) is 108 Å². The van der Waals surface area contributed by atoms with E-state index < -0.39 is 26.6 Å². The third kappa shape index (κ3) is 49.1. The largest absolute Gasteiger partial charge is 0.756 e. The van der Waals surface area contributed by atoms with Crippen LogP contribution in [0.3, 0.4) is 0 Å². The van der Waals surface area contributed by atoms with E-state index in [9.17, 15) is 19.4 Å². The van der Waals surface area contributed by atoms with Gasteiger partial charge in [-0.1, -0.05) is 207 Å². The summed E-state index contributed by atoms with van der Waals surface area (Å²) in [5.74, 6) is -0.218. The second kappa shape index (κ2) is 47.2. The second-order valence-corrected chi connectivity index (χ2v) is 19.9. The Kier molecular flexibility index (Phi) is 45.2. The Hall–Kier alpha value is -2.84. The summed E-state index contributed by atoms with van der Waals surface area (Å²) in [5, 5.41) is 13.8. The van der Waals surface area contributed by atoms with E-state index in [1.807, 2.05) is 27.2 Å². The zero-order valence-corrected chi connectivity index (χ0v) is 43.7. The van der Waals surface area contributed by atoms with Crippen molar-refractivity contribution < 1.29 is 32.9 Å². The average Bonchev–Trinajstić information content (AvgIpc) is 3.28. The highest BCUT2D eigenvalue weighted by atomic mass is 31.2. The van der Waals surface area contributed by atoms with Crippen LogP contribution in [0, 0.1) is 0 Å². The van der Waals surface area contributed by atoms with Gasteiger partial charge in [0.2, 0.25) is 5.91 Å². The number of amides is 1. The number of aliphatic hydroxyl groups excluding tert-OH is 1. The molecular weight excluding hydrogens is 840 g/mol. The molecule has 0 aromatic carbocycles. The Morgan fingerprint density at radius 3 is 1.41 bits per heavy atom. The molecule has 1 amide bonds. The molecule has 0 spiro atoms. The molecule has 3 atom stereocenters. The minimum absolute atomic E-state index is 0.0121. The van der Waals surface area contributed by atoms with E-state index in [4.69, 9.17) is 9.05 Å². The average molecular weight is 939 g/mol. The first-order valence-electron chi connectivity index (χ1n) is 26.2. The molecule has 0 rings (SSSR count). The van der Waals surface area contributed by atoms with Crippen LogP contribution in [-0.2, 0) is 18.4 Å². The summed E-state index contributed by atoms with van der Waals surface area (Å²) >= 11 is 0. The van der Waals surface area contributed by atoms with E-state index >= 15 is 0 Å². The molecule has 9 heteroatoms. The maximum atomic E-state index is 12.9. The van der Waals surface area contributed by atoms with Crippen molar-refractivity contribution in [1.29, 1.82) is 0 Å². The van der Waals surface area contributed by atoms with E-state index in [0.717, 1.165) is 83.5 Å². The molecule has 0 bridgehead atoms. The minimum Gasteiger partial charge on any atom is -0.756 e. The summed E-state index contributed by atoms with van der Waals surface area (Å²) in [4.78, 5) is 25.4. The van der Waals surface area contributed by atoms with E-state index in [1.54, 1.807) is 6.08 Å². The van der Waals surface area contributed by atoms with Crippen molar-refractivity contribution in [3.8, 4) is 0 Å². The Bertz CT molecular complexity index is 1440. The fraction of sp³-hybridized carbons (Fsp3) is 0.667. The van der Waals surface area contributed by atoms with Gasteiger partial charge in [-0.3, -0.25) is 9.36 Å². The molecule has 0 saturated heterocycles. The fourth-order valence-electron chi connectivity index (χ4n) is 6.85. The first-order valence-corrected chi connectivity index (χ1v) is 27.7. The number of carbonyl (C=O) groups is 1.